The smallest absolute Gasteiger partial charge is 0.182 e. The molecule has 24 heavy (non-hydrogen) atoms. The predicted molar refractivity (Wildman–Crippen MR) is 99.5 cm³/mol. The number of nitrogens with zero attached hydrogens (tertiary/aromatic N) is 1. The Kier molecular flexibility index (Phi) is 4.54. The summed E-state index contributed by atoms with van der Waals surface area (Å²) in [6.07, 6.45) is 0. The average Bonchev–Trinajstić information content (AvgIpc) is 2.91. The molecule has 0 aliphatic carbocycles. The van der Waals surface area contributed by atoms with E-state index in [0.717, 1.165) is 28.7 Å². The van der Waals surface area contributed by atoms with E-state index in [2.05, 4.69) is 28.9 Å². The highest BCUT2D eigenvalue weighted by Gasteiger charge is 2.24. The van der Waals surface area contributed by atoms with Crippen molar-refractivity contribution in [3.63, 3.8) is 0 Å². The Bertz CT molecular complexity index is 878. The first kappa shape index (κ1) is 16.5. The van der Waals surface area contributed by atoms with E-state index in [-0.39, 0.29) is 11.8 Å². The molecule has 0 amide bonds. The number of fused-ring (bicyclic) bond motifs is 1. The van der Waals surface area contributed by atoms with Crippen molar-refractivity contribution in [2.24, 2.45) is 0 Å². The fourth-order valence-electron chi connectivity index (χ4n) is 3.20. The summed E-state index contributed by atoms with van der Waals surface area (Å²) >= 11 is 0. The first-order valence-corrected chi connectivity index (χ1v) is 8.35. The van der Waals surface area contributed by atoms with Gasteiger partial charge in [-0.3, -0.25) is 9.69 Å². The topological polar surface area (TPSA) is 36.1 Å². The lowest BCUT2D eigenvalue weighted by Crippen LogP contribution is -2.36. The quantitative estimate of drug-likeness (QED) is 0.703. The number of carbonyl (C=O) groups is 1. The highest BCUT2D eigenvalue weighted by molar-refractivity contribution is 6.11. The van der Waals surface area contributed by atoms with E-state index >= 15 is 0 Å². The number of H-pyrrole nitrogens is 1. The summed E-state index contributed by atoms with van der Waals surface area (Å²) in [5.74, 6) is 0.168. The molecular formula is C21H24N2O. The van der Waals surface area contributed by atoms with Crippen LogP contribution in [-0.4, -0.2) is 28.8 Å². The van der Waals surface area contributed by atoms with Gasteiger partial charge in [-0.25, -0.2) is 0 Å². The molecule has 0 fully saturated rings. The summed E-state index contributed by atoms with van der Waals surface area (Å²) in [4.78, 5) is 18.5. The van der Waals surface area contributed by atoms with E-state index in [4.69, 9.17) is 0 Å². The van der Waals surface area contributed by atoms with Crippen molar-refractivity contribution in [3.8, 4) is 0 Å². The summed E-state index contributed by atoms with van der Waals surface area (Å²) in [5.41, 5.74) is 5.29. The van der Waals surface area contributed by atoms with Gasteiger partial charge in [-0.05, 0) is 45.0 Å². The van der Waals surface area contributed by atoms with Crippen molar-refractivity contribution in [2.45, 2.75) is 33.4 Å². The third-order valence-electron chi connectivity index (χ3n) is 4.86. The molecule has 3 aromatic rings. The van der Waals surface area contributed by atoms with Crippen molar-refractivity contribution in [3.05, 3.63) is 70.9 Å². The van der Waals surface area contributed by atoms with Gasteiger partial charge in [0.25, 0.3) is 0 Å². The second-order valence-electron chi connectivity index (χ2n) is 6.55. The van der Waals surface area contributed by atoms with Crippen LogP contribution in [0.1, 0.15) is 34.1 Å². The Morgan fingerprint density at radius 1 is 1.08 bits per heavy atom. The standard InChI is InChI=1S/C21H24N2O/c1-14-9-5-6-10-17(14)13-23(4)16(3)21(24)20-15(2)22-19-12-8-7-11-18(19)20/h5-12,16,22H,13H2,1-4H3. The number of aryl methyl sites for hydroxylation is 2. The van der Waals surface area contributed by atoms with Crippen LogP contribution in [0, 0.1) is 13.8 Å². The lowest BCUT2D eigenvalue weighted by Gasteiger charge is -2.24. The van der Waals surface area contributed by atoms with Crippen molar-refractivity contribution in [1.29, 1.82) is 0 Å². The maximum Gasteiger partial charge on any atom is 0.182 e. The van der Waals surface area contributed by atoms with Gasteiger partial charge < -0.3 is 4.98 Å². The second kappa shape index (κ2) is 6.62. The van der Waals surface area contributed by atoms with Gasteiger partial charge in [0, 0.05) is 28.7 Å². The molecule has 124 valence electrons. The largest absolute Gasteiger partial charge is 0.358 e. The molecule has 2 aromatic carbocycles. The van der Waals surface area contributed by atoms with Gasteiger partial charge in [0.2, 0.25) is 0 Å². The van der Waals surface area contributed by atoms with Gasteiger partial charge in [-0.1, -0.05) is 42.5 Å². The first-order chi connectivity index (χ1) is 11.5. The number of benzene rings is 2. The molecular weight excluding hydrogens is 296 g/mol. The molecule has 1 aromatic heterocycles. The molecule has 0 saturated heterocycles. The number of likely N-dealkylation sites (N-methyl/N-ethyl adjacent to an activating group) is 1. The zero-order valence-corrected chi connectivity index (χ0v) is 14.8. The number of aromatic nitrogens is 1. The number of hydrogen-bond donors (Lipinski definition) is 1. The zero-order valence-electron chi connectivity index (χ0n) is 14.8. The number of rotatable bonds is 5. The highest BCUT2D eigenvalue weighted by atomic mass is 16.1. The maximum atomic E-state index is 13.1. The van der Waals surface area contributed by atoms with Gasteiger partial charge in [0.05, 0.1) is 6.04 Å². The number of carbonyl (C=O) groups excluding carboxylic acids is 1. The van der Waals surface area contributed by atoms with Crippen molar-refractivity contribution >= 4 is 16.7 Å². The van der Waals surface area contributed by atoms with E-state index in [1.54, 1.807) is 0 Å². The third-order valence-corrected chi connectivity index (χ3v) is 4.86. The Morgan fingerprint density at radius 3 is 2.50 bits per heavy atom. The van der Waals surface area contributed by atoms with E-state index in [0.29, 0.717) is 0 Å². The van der Waals surface area contributed by atoms with Crippen molar-refractivity contribution in [2.75, 3.05) is 7.05 Å². The SMILES string of the molecule is Cc1ccccc1CN(C)C(C)C(=O)c1c(C)[nH]c2ccccc12. The first-order valence-electron chi connectivity index (χ1n) is 8.35. The van der Waals surface area contributed by atoms with Crippen molar-refractivity contribution in [1.82, 2.24) is 9.88 Å². The summed E-state index contributed by atoms with van der Waals surface area (Å²) in [6, 6.07) is 16.1. The Balaban J connectivity index is 1.86. The van der Waals surface area contributed by atoms with Crippen LogP contribution in [0.2, 0.25) is 0 Å². The number of nitrogens with one attached hydrogen (secondary N) is 1. The number of Topliss-reactive ketones (excluding diaryl/α,β-unsaturated/α-hetero) is 1. The molecule has 3 nitrogen and oxygen atoms in total. The summed E-state index contributed by atoms with van der Waals surface area (Å²) in [7, 11) is 2.01. The number of ketones is 1. The maximum absolute atomic E-state index is 13.1. The zero-order chi connectivity index (χ0) is 17.3. The fourth-order valence-corrected chi connectivity index (χ4v) is 3.20. The predicted octanol–water partition coefficient (Wildman–Crippen LogP) is 4.49. The minimum absolute atomic E-state index is 0.168. The molecule has 0 bridgehead atoms. The Hall–Kier alpha value is -2.39. The molecule has 0 saturated carbocycles. The molecule has 1 unspecified atom stereocenters. The van der Waals surface area contributed by atoms with Gasteiger partial charge in [0.15, 0.2) is 5.78 Å². The van der Waals surface area contributed by atoms with Crippen LogP contribution in [-0.2, 0) is 6.54 Å². The summed E-state index contributed by atoms with van der Waals surface area (Å²) in [6.45, 7) is 6.84. The summed E-state index contributed by atoms with van der Waals surface area (Å²) in [5, 5.41) is 1.01. The van der Waals surface area contributed by atoms with E-state index in [9.17, 15) is 4.79 Å². The average molecular weight is 320 g/mol. The number of hydrogen-bond acceptors (Lipinski definition) is 2. The van der Waals surface area contributed by atoms with E-state index in [1.165, 1.54) is 11.1 Å². The minimum Gasteiger partial charge on any atom is -0.358 e. The van der Waals surface area contributed by atoms with Crippen LogP contribution in [0.5, 0.6) is 0 Å². The normalized spacial score (nSPS) is 12.7. The van der Waals surface area contributed by atoms with Gasteiger partial charge in [0.1, 0.15) is 0 Å². The molecule has 0 aliphatic rings. The van der Waals surface area contributed by atoms with Gasteiger partial charge in [-0.2, -0.15) is 0 Å². The lowest BCUT2D eigenvalue weighted by atomic mass is 10.0. The van der Waals surface area contributed by atoms with Crippen LogP contribution < -0.4 is 0 Å². The number of aromatic amines is 1. The Labute approximate surface area is 143 Å². The monoisotopic (exact) mass is 320 g/mol. The Morgan fingerprint density at radius 2 is 1.75 bits per heavy atom. The molecule has 0 aliphatic heterocycles. The molecule has 0 radical (unpaired) electrons. The van der Waals surface area contributed by atoms with Crippen LogP contribution in [0.3, 0.4) is 0 Å². The molecule has 1 heterocycles. The molecule has 1 atom stereocenters. The fraction of sp³-hybridized carbons (Fsp3) is 0.286. The molecule has 0 spiro atoms. The molecule has 3 heteroatoms. The van der Waals surface area contributed by atoms with Crippen molar-refractivity contribution < 1.29 is 4.79 Å². The minimum atomic E-state index is -0.178. The molecule has 3 rings (SSSR count). The third kappa shape index (κ3) is 3.00. The number of para-hydroxylation sites is 1. The van der Waals surface area contributed by atoms with E-state index in [1.807, 2.05) is 57.3 Å². The molecule has 1 N–H and O–H groups in total. The van der Waals surface area contributed by atoms with Crippen LogP contribution in [0.25, 0.3) is 10.9 Å². The second-order valence-corrected chi connectivity index (χ2v) is 6.55. The van der Waals surface area contributed by atoms with Gasteiger partial charge in [-0.15, -0.1) is 0 Å². The highest BCUT2D eigenvalue weighted by Crippen LogP contribution is 2.24. The summed E-state index contributed by atoms with van der Waals surface area (Å²) < 4.78 is 0. The van der Waals surface area contributed by atoms with Crippen LogP contribution >= 0.6 is 0 Å². The lowest BCUT2D eigenvalue weighted by molar-refractivity contribution is 0.0863. The van der Waals surface area contributed by atoms with E-state index < -0.39 is 0 Å². The van der Waals surface area contributed by atoms with Gasteiger partial charge >= 0.3 is 0 Å². The van der Waals surface area contributed by atoms with Crippen LogP contribution in [0.15, 0.2) is 48.5 Å². The van der Waals surface area contributed by atoms with Crippen LogP contribution in [0.4, 0.5) is 0 Å².